The van der Waals surface area contributed by atoms with E-state index in [1.165, 1.54) is 7.11 Å². The van der Waals surface area contributed by atoms with Crippen molar-refractivity contribution in [2.24, 2.45) is 0 Å². The van der Waals surface area contributed by atoms with Crippen molar-refractivity contribution in [2.45, 2.75) is 25.2 Å². The number of rotatable bonds is 9. The summed E-state index contributed by atoms with van der Waals surface area (Å²) in [5, 5.41) is 0. The van der Waals surface area contributed by atoms with Gasteiger partial charge in [-0.3, -0.25) is 4.79 Å². The zero-order valence-electron chi connectivity index (χ0n) is 11.5. The number of carbonyl (C=O) groups excluding carboxylic acids is 1. The molecule has 0 spiro atoms. The Bertz CT molecular complexity index is 446. The normalized spacial score (nSPS) is 11.7. The highest BCUT2D eigenvalue weighted by atomic mass is 19.3. The Labute approximate surface area is 119 Å². The molecule has 1 aromatic rings. The van der Waals surface area contributed by atoms with Crippen LogP contribution in [0, 0.1) is 0 Å². The summed E-state index contributed by atoms with van der Waals surface area (Å²) < 4.78 is 58.1. The molecule has 0 unspecified atom stereocenters. The molecule has 0 aromatic heterocycles. The van der Waals surface area contributed by atoms with Crippen molar-refractivity contribution < 1.29 is 31.8 Å². The summed E-state index contributed by atoms with van der Waals surface area (Å²) in [6.07, 6.45) is -3.30. The lowest BCUT2D eigenvalue weighted by molar-refractivity contribution is -0.168. The molecule has 0 saturated heterocycles. The van der Waals surface area contributed by atoms with Gasteiger partial charge in [-0.05, 0) is 24.1 Å². The Balaban J connectivity index is 2.28. The Morgan fingerprint density at radius 2 is 1.86 bits per heavy atom. The van der Waals surface area contributed by atoms with Crippen LogP contribution in [0.2, 0.25) is 0 Å². The molecule has 0 radical (unpaired) electrons. The number of aryl methyl sites for hydroxylation is 1. The van der Waals surface area contributed by atoms with Gasteiger partial charge >= 0.3 is 12.3 Å². The highest BCUT2D eigenvalue weighted by Gasteiger charge is 2.41. The van der Waals surface area contributed by atoms with Crippen molar-refractivity contribution in [3.05, 3.63) is 29.8 Å². The van der Waals surface area contributed by atoms with Gasteiger partial charge in [-0.25, -0.2) is 8.78 Å². The summed E-state index contributed by atoms with van der Waals surface area (Å²) in [6, 6.07) is 7.02. The first kappa shape index (κ1) is 17.4. The summed E-state index contributed by atoms with van der Waals surface area (Å²) in [5.41, 5.74) is 0.877. The van der Waals surface area contributed by atoms with Crippen LogP contribution in [0.1, 0.15) is 12.0 Å². The number of alkyl halides is 4. The van der Waals surface area contributed by atoms with Crippen molar-refractivity contribution >= 4 is 5.78 Å². The largest absolute Gasteiger partial charge is 0.497 e. The molecular formula is C14H16F4O3. The number of ether oxygens (including phenoxy) is 2. The molecule has 3 nitrogen and oxygen atoms in total. The van der Waals surface area contributed by atoms with Gasteiger partial charge in [0.05, 0.1) is 7.11 Å². The molecular weight excluding hydrogens is 292 g/mol. The Hall–Kier alpha value is -1.63. The van der Waals surface area contributed by atoms with Gasteiger partial charge in [0.1, 0.15) is 19.0 Å². The molecule has 7 heteroatoms. The molecule has 118 valence electrons. The molecule has 0 aliphatic rings. The van der Waals surface area contributed by atoms with Crippen LogP contribution >= 0.6 is 0 Å². The topological polar surface area (TPSA) is 35.5 Å². The molecule has 0 heterocycles. The van der Waals surface area contributed by atoms with Gasteiger partial charge in [0, 0.05) is 6.42 Å². The Morgan fingerprint density at radius 3 is 2.38 bits per heavy atom. The van der Waals surface area contributed by atoms with Crippen LogP contribution < -0.4 is 4.74 Å². The van der Waals surface area contributed by atoms with Crippen LogP contribution in [-0.4, -0.2) is 38.5 Å². The van der Waals surface area contributed by atoms with Crippen molar-refractivity contribution in [1.82, 2.24) is 0 Å². The third-order valence-corrected chi connectivity index (χ3v) is 2.73. The molecule has 1 rings (SSSR count). The zero-order chi connectivity index (χ0) is 15.9. The average molecular weight is 308 g/mol. The van der Waals surface area contributed by atoms with Crippen LogP contribution in [0.4, 0.5) is 17.6 Å². The summed E-state index contributed by atoms with van der Waals surface area (Å²) in [7, 11) is 1.53. The van der Waals surface area contributed by atoms with Crippen molar-refractivity contribution in [3.8, 4) is 5.75 Å². The van der Waals surface area contributed by atoms with Gasteiger partial charge in [0.15, 0.2) is 5.78 Å². The van der Waals surface area contributed by atoms with Crippen molar-refractivity contribution in [1.29, 1.82) is 0 Å². The monoisotopic (exact) mass is 308 g/mol. The number of carbonyl (C=O) groups is 1. The summed E-state index contributed by atoms with van der Waals surface area (Å²) in [6.45, 7) is -2.06. The molecule has 0 fully saturated rings. The van der Waals surface area contributed by atoms with Crippen molar-refractivity contribution in [3.63, 3.8) is 0 Å². The van der Waals surface area contributed by atoms with Crippen LogP contribution in [0.5, 0.6) is 5.75 Å². The predicted molar refractivity (Wildman–Crippen MR) is 68.1 cm³/mol. The number of ketones is 1. The average Bonchev–Trinajstić information content (AvgIpc) is 2.45. The fourth-order valence-corrected chi connectivity index (χ4v) is 1.51. The Morgan fingerprint density at radius 1 is 1.24 bits per heavy atom. The molecule has 0 N–H and O–H groups in total. The quantitative estimate of drug-likeness (QED) is 0.658. The van der Waals surface area contributed by atoms with E-state index in [9.17, 15) is 22.4 Å². The van der Waals surface area contributed by atoms with Crippen LogP contribution in [0.25, 0.3) is 0 Å². The van der Waals surface area contributed by atoms with Crippen LogP contribution in [-0.2, 0) is 16.0 Å². The second-order valence-electron chi connectivity index (χ2n) is 4.44. The molecule has 0 aliphatic heterocycles. The smallest absolute Gasteiger partial charge is 0.330 e. The number of hydrogen-bond donors (Lipinski definition) is 0. The lowest BCUT2D eigenvalue weighted by Crippen LogP contribution is -2.33. The standard InChI is InChI=1S/C14H16F4O3/c1-20-12-6-3-10(4-7-12)2-5-11(19)8-21-9-14(17,18)13(15)16/h3-4,6-7,13H,2,5,8-9H2,1H3. The first-order valence-corrected chi connectivity index (χ1v) is 6.23. The van der Waals surface area contributed by atoms with E-state index < -0.39 is 31.3 Å². The lowest BCUT2D eigenvalue weighted by atomic mass is 10.1. The molecule has 0 atom stereocenters. The fourth-order valence-electron chi connectivity index (χ4n) is 1.51. The highest BCUT2D eigenvalue weighted by Crippen LogP contribution is 2.22. The van der Waals surface area contributed by atoms with E-state index in [1.807, 2.05) is 0 Å². The second-order valence-corrected chi connectivity index (χ2v) is 4.44. The predicted octanol–water partition coefficient (Wildman–Crippen LogP) is 3.11. The lowest BCUT2D eigenvalue weighted by Gasteiger charge is -2.14. The van der Waals surface area contributed by atoms with Gasteiger partial charge in [0.2, 0.25) is 0 Å². The van der Waals surface area contributed by atoms with Gasteiger partial charge < -0.3 is 9.47 Å². The SMILES string of the molecule is COc1ccc(CCC(=O)COCC(F)(F)C(F)F)cc1. The maximum atomic E-state index is 12.5. The van der Waals surface area contributed by atoms with Gasteiger partial charge in [0.25, 0.3) is 0 Å². The van der Waals surface area contributed by atoms with Crippen molar-refractivity contribution in [2.75, 3.05) is 20.3 Å². The van der Waals surface area contributed by atoms with Gasteiger partial charge in [-0.2, -0.15) is 8.78 Å². The minimum Gasteiger partial charge on any atom is -0.497 e. The third-order valence-electron chi connectivity index (χ3n) is 2.73. The number of benzene rings is 1. The van der Waals surface area contributed by atoms with E-state index in [2.05, 4.69) is 4.74 Å². The first-order valence-electron chi connectivity index (χ1n) is 6.23. The minimum absolute atomic E-state index is 0.0899. The zero-order valence-corrected chi connectivity index (χ0v) is 11.5. The molecule has 0 amide bonds. The first-order chi connectivity index (χ1) is 9.85. The van der Waals surface area contributed by atoms with Gasteiger partial charge in [-0.1, -0.05) is 12.1 Å². The highest BCUT2D eigenvalue weighted by molar-refractivity contribution is 5.79. The van der Waals surface area contributed by atoms with E-state index >= 15 is 0 Å². The number of methoxy groups -OCH3 is 1. The van der Waals surface area contributed by atoms with Crippen LogP contribution in [0.15, 0.2) is 24.3 Å². The maximum Gasteiger partial charge on any atom is 0.330 e. The third kappa shape index (κ3) is 6.12. The van der Waals surface area contributed by atoms with E-state index in [0.717, 1.165) is 5.56 Å². The molecule has 0 saturated carbocycles. The minimum atomic E-state index is -4.23. The van der Waals surface area contributed by atoms with E-state index in [-0.39, 0.29) is 6.42 Å². The second kappa shape index (κ2) is 7.97. The van der Waals surface area contributed by atoms with Crippen LogP contribution in [0.3, 0.4) is 0 Å². The molecule has 0 bridgehead atoms. The number of hydrogen-bond acceptors (Lipinski definition) is 3. The summed E-state index contributed by atoms with van der Waals surface area (Å²) >= 11 is 0. The summed E-state index contributed by atoms with van der Waals surface area (Å²) in [4.78, 5) is 11.4. The molecule has 0 aliphatic carbocycles. The summed E-state index contributed by atoms with van der Waals surface area (Å²) in [5.74, 6) is -3.96. The molecule has 21 heavy (non-hydrogen) atoms. The number of Topliss-reactive ketones (excluding diaryl/α,β-unsaturated/α-hetero) is 1. The Kier molecular flexibility index (Phi) is 6.61. The maximum absolute atomic E-state index is 12.5. The van der Waals surface area contributed by atoms with Gasteiger partial charge in [-0.15, -0.1) is 0 Å². The fraction of sp³-hybridized carbons (Fsp3) is 0.500. The van der Waals surface area contributed by atoms with E-state index in [1.54, 1.807) is 24.3 Å². The number of halogens is 4. The van der Waals surface area contributed by atoms with E-state index in [4.69, 9.17) is 4.74 Å². The molecule has 1 aromatic carbocycles. The van der Waals surface area contributed by atoms with E-state index in [0.29, 0.717) is 12.2 Å².